The number of nitrogens with zero attached hydrogens (tertiary/aromatic N) is 3. The number of ether oxygens (including phenoxy) is 2. The lowest BCUT2D eigenvalue weighted by atomic mass is 10.1. The summed E-state index contributed by atoms with van der Waals surface area (Å²) in [6.07, 6.45) is -4.31. The van der Waals surface area contributed by atoms with E-state index in [0.717, 1.165) is 10.7 Å². The van der Waals surface area contributed by atoms with E-state index in [0.29, 0.717) is 70.6 Å². The first-order chi connectivity index (χ1) is 17.2. The highest BCUT2D eigenvalue weighted by molar-refractivity contribution is 7.99. The Bertz CT molecular complexity index is 1350. The normalized spacial score (nSPS) is 17.4. The summed E-state index contributed by atoms with van der Waals surface area (Å²) in [5.74, 6) is 1.61. The standard InChI is InChI=1S/C25H24F3N3O4S/c1-34-17-9-14(10-18(12-17)35-2)22-23-19(6-8-36-23)24(33)31(29-22)21-11-15(30-7-5-16(32)13-30)3-4-20(21)25(26,27)28/h3-4,9-12,16,32H,5-8,13H2,1-2H3. The summed E-state index contributed by atoms with van der Waals surface area (Å²) in [6, 6.07) is 8.78. The first-order valence-electron chi connectivity index (χ1n) is 11.4. The van der Waals surface area contributed by atoms with Crippen molar-refractivity contribution >= 4 is 17.4 Å². The van der Waals surface area contributed by atoms with Gasteiger partial charge in [0.1, 0.15) is 17.2 Å². The van der Waals surface area contributed by atoms with Crippen molar-refractivity contribution in [2.24, 2.45) is 0 Å². The van der Waals surface area contributed by atoms with E-state index in [1.165, 1.54) is 38.1 Å². The van der Waals surface area contributed by atoms with Gasteiger partial charge in [0.05, 0.1) is 31.6 Å². The summed E-state index contributed by atoms with van der Waals surface area (Å²) >= 11 is 1.45. The van der Waals surface area contributed by atoms with Crippen molar-refractivity contribution in [2.75, 3.05) is 38.0 Å². The molecule has 1 N–H and O–H groups in total. The molecule has 190 valence electrons. The van der Waals surface area contributed by atoms with Gasteiger partial charge in [-0.05, 0) is 43.2 Å². The lowest BCUT2D eigenvalue weighted by molar-refractivity contribution is -0.137. The molecule has 3 aromatic rings. The number of halogens is 3. The zero-order valence-electron chi connectivity index (χ0n) is 19.6. The number of aliphatic hydroxyl groups excluding tert-OH is 1. The molecule has 1 saturated heterocycles. The largest absolute Gasteiger partial charge is 0.497 e. The van der Waals surface area contributed by atoms with Crippen LogP contribution in [-0.4, -0.2) is 54.1 Å². The molecular weight excluding hydrogens is 495 g/mol. The van der Waals surface area contributed by atoms with Crippen molar-refractivity contribution in [3.05, 3.63) is 57.9 Å². The molecule has 2 aromatic carbocycles. The quantitative estimate of drug-likeness (QED) is 0.543. The Morgan fingerprint density at radius 3 is 2.44 bits per heavy atom. The lowest BCUT2D eigenvalue weighted by Gasteiger charge is -2.22. The molecule has 0 amide bonds. The molecule has 36 heavy (non-hydrogen) atoms. The molecule has 11 heteroatoms. The molecule has 1 atom stereocenters. The zero-order chi connectivity index (χ0) is 25.6. The number of fused-ring (bicyclic) bond motifs is 1. The average Bonchev–Trinajstić information content (AvgIpc) is 3.53. The minimum atomic E-state index is -4.70. The third-order valence-corrected chi connectivity index (χ3v) is 7.54. The third kappa shape index (κ3) is 4.41. The second kappa shape index (κ2) is 9.36. The van der Waals surface area contributed by atoms with E-state index >= 15 is 0 Å². The average molecular weight is 520 g/mol. The molecule has 2 aliphatic heterocycles. The highest BCUT2D eigenvalue weighted by Crippen LogP contribution is 2.41. The number of hydrogen-bond donors (Lipinski definition) is 1. The number of methoxy groups -OCH3 is 2. The van der Waals surface area contributed by atoms with Crippen molar-refractivity contribution in [3.63, 3.8) is 0 Å². The van der Waals surface area contributed by atoms with Crippen molar-refractivity contribution in [1.29, 1.82) is 0 Å². The van der Waals surface area contributed by atoms with E-state index in [9.17, 15) is 23.1 Å². The molecule has 0 radical (unpaired) electrons. The molecule has 3 heterocycles. The van der Waals surface area contributed by atoms with E-state index < -0.39 is 23.4 Å². The summed E-state index contributed by atoms with van der Waals surface area (Å²) in [4.78, 5) is 15.9. The highest BCUT2D eigenvalue weighted by Gasteiger charge is 2.36. The monoisotopic (exact) mass is 519 g/mol. The van der Waals surface area contributed by atoms with Gasteiger partial charge in [-0.1, -0.05) is 0 Å². The van der Waals surface area contributed by atoms with E-state index in [2.05, 4.69) is 5.10 Å². The van der Waals surface area contributed by atoms with Gasteiger partial charge in [-0.2, -0.15) is 23.0 Å². The molecule has 1 fully saturated rings. The number of aliphatic hydroxyl groups is 1. The van der Waals surface area contributed by atoms with Crippen LogP contribution < -0.4 is 19.9 Å². The first kappa shape index (κ1) is 24.5. The van der Waals surface area contributed by atoms with Crippen LogP contribution in [0, 0.1) is 0 Å². The number of hydrogen-bond acceptors (Lipinski definition) is 7. The Morgan fingerprint density at radius 1 is 1.11 bits per heavy atom. The molecule has 0 saturated carbocycles. The molecule has 7 nitrogen and oxygen atoms in total. The maximum Gasteiger partial charge on any atom is 0.418 e. The topological polar surface area (TPSA) is 76.8 Å². The zero-order valence-corrected chi connectivity index (χ0v) is 20.4. The van der Waals surface area contributed by atoms with Crippen LogP contribution in [0.3, 0.4) is 0 Å². The van der Waals surface area contributed by atoms with Crippen LogP contribution in [-0.2, 0) is 12.6 Å². The van der Waals surface area contributed by atoms with Gasteiger partial charge in [-0.3, -0.25) is 4.79 Å². The Kier molecular flexibility index (Phi) is 6.37. The molecule has 0 aliphatic carbocycles. The fraction of sp³-hybridized carbons (Fsp3) is 0.360. The van der Waals surface area contributed by atoms with Crippen molar-refractivity contribution in [1.82, 2.24) is 9.78 Å². The Hall–Kier alpha value is -3.18. The maximum atomic E-state index is 14.1. The van der Waals surface area contributed by atoms with Crippen LogP contribution in [0.25, 0.3) is 16.9 Å². The van der Waals surface area contributed by atoms with E-state index in [1.807, 2.05) is 0 Å². The van der Waals surface area contributed by atoms with Crippen LogP contribution in [0.1, 0.15) is 17.5 Å². The predicted octanol–water partition coefficient (Wildman–Crippen LogP) is 4.15. The fourth-order valence-electron chi connectivity index (χ4n) is 4.59. The van der Waals surface area contributed by atoms with Gasteiger partial charge in [-0.15, -0.1) is 11.8 Å². The second-order valence-corrected chi connectivity index (χ2v) is 9.77. The van der Waals surface area contributed by atoms with Crippen LogP contribution in [0.2, 0.25) is 0 Å². The Balaban J connectivity index is 1.75. The van der Waals surface area contributed by atoms with Gasteiger partial charge in [0.25, 0.3) is 5.56 Å². The summed E-state index contributed by atoms with van der Waals surface area (Å²) in [5, 5.41) is 14.4. The minimum absolute atomic E-state index is 0.308. The number of β-amino-alcohol motifs (C(OH)–C–C–N with tert-alkyl or cyclic N) is 1. The minimum Gasteiger partial charge on any atom is -0.497 e. The highest BCUT2D eigenvalue weighted by atomic mass is 32.2. The van der Waals surface area contributed by atoms with Gasteiger partial charge in [0.15, 0.2) is 0 Å². The van der Waals surface area contributed by atoms with Crippen molar-refractivity contribution in [2.45, 2.75) is 30.0 Å². The molecule has 1 aromatic heterocycles. The first-order valence-corrected chi connectivity index (χ1v) is 12.3. The molecule has 1 unspecified atom stereocenters. The van der Waals surface area contributed by atoms with Gasteiger partial charge >= 0.3 is 6.18 Å². The van der Waals surface area contributed by atoms with E-state index in [-0.39, 0.29) is 5.69 Å². The number of thioether (sulfide) groups is 1. The van der Waals surface area contributed by atoms with E-state index in [1.54, 1.807) is 23.1 Å². The lowest BCUT2D eigenvalue weighted by Crippen LogP contribution is -2.28. The Morgan fingerprint density at radius 2 is 1.83 bits per heavy atom. The van der Waals surface area contributed by atoms with Crippen LogP contribution in [0.5, 0.6) is 11.5 Å². The maximum absolute atomic E-state index is 14.1. The Labute approximate surface area is 209 Å². The SMILES string of the molecule is COc1cc(OC)cc(-c2nn(-c3cc(N4CCC(O)C4)ccc3C(F)(F)F)c(=O)c3c2SCC3)c1. The van der Waals surface area contributed by atoms with Crippen LogP contribution in [0.4, 0.5) is 18.9 Å². The number of anilines is 1. The number of benzene rings is 2. The summed E-state index contributed by atoms with van der Waals surface area (Å²) in [5.41, 5.74) is 0.00215. The fourth-order valence-corrected chi connectivity index (χ4v) is 5.76. The van der Waals surface area contributed by atoms with Gasteiger partial charge in [0.2, 0.25) is 0 Å². The van der Waals surface area contributed by atoms with Gasteiger partial charge < -0.3 is 19.5 Å². The van der Waals surface area contributed by atoms with Crippen LogP contribution >= 0.6 is 11.8 Å². The van der Waals surface area contributed by atoms with Crippen LogP contribution in [0.15, 0.2) is 46.1 Å². The summed E-state index contributed by atoms with van der Waals surface area (Å²) in [6.45, 7) is 0.812. The van der Waals surface area contributed by atoms with E-state index in [4.69, 9.17) is 9.47 Å². The number of alkyl halides is 3. The molecule has 0 bridgehead atoms. The smallest absolute Gasteiger partial charge is 0.418 e. The molecule has 2 aliphatic rings. The number of rotatable bonds is 5. The van der Waals surface area contributed by atoms with Gasteiger partial charge in [-0.25, -0.2) is 0 Å². The predicted molar refractivity (Wildman–Crippen MR) is 131 cm³/mol. The second-order valence-electron chi connectivity index (χ2n) is 8.66. The van der Waals surface area contributed by atoms with Crippen molar-refractivity contribution < 1.29 is 27.8 Å². The molecule has 0 spiro atoms. The number of aromatic nitrogens is 2. The molecule has 5 rings (SSSR count). The summed E-state index contributed by atoms with van der Waals surface area (Å²) in [7, 11) is 3.00. The van der Waals surface area contributed by atoms with Gasteiger partial charge in [0, 0.05) is 46.6 Å². The van der Waals surface area contributed by atoms with Crippen molar-refractivity contribution in [3.8, 4) is 28.4 Å². The molecular formula is C25H24F3N3O4S. The third-order valence-electron chi connectivity index (χ3n) is 6.41. The summed E-state index contributed by atoms with van der Waals surface area (Å²) < 4.78 is 53.9.